The van der Waals surface area contributed by atoms with Crippen LogP contribution >= 0.6 is 7.82 Å². The predicted octanol–water partition coefficient (Wildman–Crippen LogP) is 10.7. The summed E-state index contributed by atoms with van der Waals surface area (Å²) in [7, 11) is -4.74. The molecule has 0 aliphatic carbocycles. The highest BCUT2D eigenvalue weighted by atomic mass is 31.2. The van der Waals surface area contributed by atoms with Crippen LogP contribution in [0.25, 0.3) is 0 Å². The van der Waals surface area contributed by atoms with E-state index in [1.807, 2.05) is 0 Å². The zero-order valence-electron chi connectivity index (χ0n) is 29.0. The molecule has 2 N–H and O–H groups in total. The maximum Gasteiger partial charge on any atom is 0.469 e. The molecule has 0 aromatic heterocycles. The Morgan fingerprint density at radius 1 is 0.556 bits per heavy atom. The van der Waals surface area contributed by atoms with Gasteiger partial charge in [0.1, 0.15) is 6.61 Å². The number of carbonyl (C=O) groups excluding carboxylic acids is 2. The number of phosphoric ester groups is 1. The molecule has 0 bridgehead atoms. The average Bonchev–Trinajstić information content (AvgIpc) is 3.00. The maximum atomic E-state index is 12.3. The highest BCUT2D eigenvalue weighted by Crippen LogP contribution is 2.36. The van der Waals surface area contributed by atoms with E-state index in [2.05, 4.69) is 30.5 Å². The minimum atomic E-state index is -4.74. The number of unbranched alkanes of at least 4 members (excludes halogenated alkanes) is 22. The normalized spacial score (nSPS) is 12.5. The Balaban J connectivity index is 3.97. The molecule has 0 aromatic rings. The summed E-state index contributed by atoms with van der Waals surface area (Å²) >= 11 is 0. The fraction of sp³-hybridized carbons (Fsp3) is 0.889. The Hall–Kier alpha value is -1.21. The number of phosphoric acid groups is 1. The number of ether oxygens (including phenoxy) is 2. The lowest BCUT2D eigenvalue weighted by molar-refractivity contribution is -0.161. The van der Waals surface area contributed by atoms with Gasteiger partial charge in [0.2, 0.25) is 0 Å². The molecular formula is C36H69O8P. The van der Waals surface area contributed by atoms with Gasteiger partial charge in [-0.05, 0) is 38.5 Å². The molecule has 0 spiro atoms. The molecule has 45 heavy (non-hydrogen) atoms. The highest BCUT2D eigenvalue weighted by Gasteiger charge is 2.22. The number of carbonyl (C=O) groups is 2. The van der Waals surface area contributed by atoms with Gasteiger partial charge in [-0.25, -0.2) is 4.57 Å². The van der Waals surface area contributed by atoms with Crippen molar-refractivity contribution in [2.24, 2.45) is 0 Å². The summed E-state index contributed by atoms with van der Waals surface area (Å²) in [5.41, 5.74) is 0. The molecule has 0 amide bonds. The van der Waals surface area contributed by atoms with Gasteiger partial charge in [0.15, 0.2) is 6.10 Å². The van der Waals surface area contributed by atoms with E-state index < -0.39 is 32.5 Å². The fourth-order valence-electron chi connectivity index (χ4n) is 5.25. The van der Waals surface area contributed by atoms with Crippen LogP contribution in [-0.4, -0.2) is 41.0 Å². The summed E-state index contributed by atoms with van der Waals surface area (Å²) in [5.74, 6) is -0.888. The number of allylic oxidation sites excluding steroid dienone is 2. The van der Waals surface area contributed by atoms with Crippen molar-refractivity contribution in [1.82, 2.24) is 0 Å². The van der Waals surface area contributed by atoms with Crippen molar-refractivity contribution in [1.29, 1.82) is 0 Å². The van der Waals surface area contributed by atoms with E-state index in [1.165, 1.54) is 96.3 Å². The minimum absolute atomic E-state index is 0.215. The van der Waals surface area contributed by atoms with Crippen molar-refractivity contribution in [3.05, 3.63) is 12.2 Å². The lowest BCUT2D eigenvalue weighted by atomic mass is 10.0. The highest BCUT2D eigenvalue weighted by molar-refractivity contribution is 7.46. The zero-order chi connectivity index (χ0) is 33.3. The molecule has 0 aromatic carbocycles. The second kappa shape index (κ2) is 32.7. The van der Waals surface area contributed by atoms with Gasteiger partial charge >= 0.3 is 19.8 Å². The van der Waals surface area contributed by atoms with Crippen LogP contribution in [0, 0.1) is 0 Å². The molecule has 1 atom stereocenters. The Labute approximate surface area is 276 Å². The van der Waals surface area contributed by atoms with E-state index in [0.29, 0.717) is 6.42 Å². The summed E-state index contributed by atoms with van der Waals surface area (Å²) < 4.78 is 26.3. The molecule has 0 aliphatic heterocycles. The van der Waals surface area contributed by atoms with E-state index in [1.54, 1.807) is 0 Å². The molecule has 0 saturated heterocycles. The quantitative estimate of drug-likeness (QED) is 0.0303. The van der Waals surface area contributed by atoms with Gasteiger partial charge in [0.25, 0.3) is 0 Å². The number of rotatable bonds is 34. The molecule has 0 saturated carbocycles. The molecule has 9 heteroatoms. The van der Waals surface area contributed by atoms with Crippen LogP contribution in [0.5, 0.6) is 0 Å². The third-order valence-electron chi connectivity index (χ3n) is 8.03. The fourth-order valence-corrected chi connectivity index (χ4v) is 5.61. The standard InChI is InChI=1S/C36H69O8P/c1-3-5-7-9-11-13-15-17-19-20-22-24-26-28-30-35(37)42-32-34(33-43-45(39,40)41)44-36(38)31-29-27-25-23-21-18-16-14-12-10-8-6-4-2/h15,17,34H,3-14,16,18-33H2,1-2H3,(H2,39,40,41)/b17-15-/t34-/m1/s1. The third-order valence-corrected chi connectivity index (χ3v) is 8.52. The second-order valence-corrected chi connectivity index (χ2v) is 13.8. The van der Waals surface area contributed by atoms with Crippen LogP contribution in [0.2, 0.25) is 0 Å². The van der Waals surface area contributed by atoms with Crippen molar-refractivity contribution < 1.29 is 37.9 Å². The van der Waals surface area contributed by atoms with Crippen LogP contribution in [0.1, 0.15) is 187 Å². The van der Waals surface area contributed by atoms with Gasteiger partial charge in [0.05, 0.1) is 6.61 Å². The molecule has 0 unspecified atom stereocenters. The maximum absolute atomic E-state index is 12.3. The van der Waals surface area contributed by atoms with Gasteiger partial charge in [-0.1, -0.05) is 148 Å². The van der Waals surface area contributed by atoms with Crippen LogP contribution < -0.4 is 0 Å². The lowest BCUT2D eigenvalue weighted by Crippen LogP contribution is -2.29. The second-order valence-electron chi connectivity index (χ2n) is 12.6. The minimum Gasteiger partial charge on any atom is -0.462 e. The van der Waals surface area contributed by atoms with E-state index in [9.17, 15) is 14.2 Å². The van der Waals surface area contributed by atoms with Gasteiger partial charge < -0.3 is 19.3 Å². The van der Waals surface area contributed by atoms with Gasteiger partial charge in [0, 0.05) is 12.8 Å². The first kappa shape index (κ1) is 43.8. The summed E-state index contributed by atoms with van der Waals surface area (Å²) in [4.78, 5) is 42.6. The Bertz CT molecular complexity index is 751. The topological polar surface area (TPSA) is 119 Å². The largest absolute Gasteiger partial charge is 0.469 e. The van der Waals surface area contributed by atoms with Crippen molar-refractivity contribution >= 4 is 19.8 Å². The summed E-state index contributed by atoms with van der Waals surface area (Å²) in [5, 5.41) is 0. The van der Waals surface area contributed by atoms with Crippen LogP contribution in [0.4, 0.5) is 0 Å². The van der Waals surface area contributed by atoms with E-state index in [-0.39, 0.29) is 19.4 Å². The smallest absolute Gasteiger partial charge is 0.462 e. The molecule has 0 aliphatic rings. The molecular weight excluding hydrogens is 591 g/mol. The first-order chi connectivity index (χ1) is 21.8. The lowest BCUT2D eigenvalue weighted by Gasteiger charge is -2.18. The molecule has 0 radical (unpaired) electrons. The van der Waals surface area contributed by atoms with E-state index in [4.69, 9.17) is 19.3 Å². The third kappa shape index (κ3) is 35.5. The monoisotopic (exact) mass is 660 g/mol. The SMILES string of the molecule is CCCCCCC/C=C\CCCCCCCC(=O)OC[C@H](COP(=O)(O)O)OC(=O)CCCCCCCCCCCCCCC. The molecule has 0 heterocycles. The molecule has 0 fully saturated rings. The van der Waals surface area contributed by atoms with Crippen LogP contribution in [0.3, 0.4) is 0 Å². The predicted molar refractivity (Wildman–Crippen MR) is 184 cm³/mol. The first-order valence-electron chi connectivity index (χ1n) is 18.5. The molecule has 266 valence electrons. The van der Waals surface area contributed by atoms with Crippen molar-refractivity contribution in [3.8, 4) is 0 Å². The van der Waals surface area contributed by atoms with Crippen molar-refractivity contribution in [2.45, 2.75) is 193 Å². The van der Waals surface area contributed by atoms with Gasteiger partial charge in [-0.2, -0.15) is 0 Å². The Morgan fingerprint density at radius 2 is 0.933 bits per heavy atom. The van der Waals surface area contributed by atoms with Crippen LogP contribution in [0.15, 0.2) is 12.2 Å². The van der Waals surface area contributed by atoms with Gasteiger partial charge in [-0.15, -0.1) is 0 Å². The van der Waals surface area contributed by atoms with Gasteiger partial charge in [-0.3, -0.25) is 14.1 Å². The van der Waals surface area contributed by atoms with Crippen molar-refractivity contribution in [3.63, 3.8) is 0 Å². The Kier molecular flexibility index (Phi) is 31.8. The number of hydrogen-bond donors (Lipinski definition) is 2. The average molecular weight is 661 g/mol. The molecule has 0 rings (SSSR count). The summed E-state index contributed by atoms with van der Waals surface area (Å²) in [6.45, 7) is 3.66. The Morgan fingerprint density at radius 3 is 1.36 bits per heavy atom. The van der Waals surface area contributed by atoms with E-state index >= 15 is 0 Å². The first-order valence-corrected chi connectivity index (χ1v) is 20.0. The number of hydrogen-bond acceptors (Lipinski definition) is 6. The molecule has 8 nitrogen and oxygen atoms in total. The summed E-state index contributed by atoms with van der Waals surface area (Å²) in [6, 6.07) is 0. The van der Waals surface area contributed by atoms with E-state index in [0.717, 1.165) is 57.8 Å². The summed E-state index contributed by atoms with van der Waals surface area (Å²) in [6.07, 6.45) is 33.6. The van der Waals surface area contributed by atoms with Crippen LogP contribution in [-0.2, 0) is 28.2 Å². The zero-order valence-corrected chi connectivity index (χ0v) is 29.9. The van der Waals surface area contributed by atoms with Crippen molar-refractivity contribution in [2.75, 3.05) is 13.2 Å². The number of esters is 2.